The summed E-state index contributed by atoms with van der Waals surface area (Å²) in [7, 11) is 0. The number of amides is 1. The molecular weight excluding hydrogens is 379 g/mol. The van der Waals surface area contributed by atoms with E-state index in [4.69, 9.17) is 9.15 Å². The number of halogens is 1. The van der Waals surface area contributed by atoms with Crippen LogP contribution in [0.1, 0.15) is 59.9 Å². The molecule has 1 aromatic carbocycles. The zero-order valence-electron chi connectivity index (χ0n) is 16.6. The molecule has 0 spiro atoms. The van der Waals surface area contributed by atoms with Gasteiger partial charge in [0.1, 0.15) is 18.0 Å². The van der Waals surface area contributed by atoms with Crippen LogP contribution >= 0.6 is 0 Å². The van der Waals surface area contributed by atoms with Crippen molar-refractivity contribution in [3.8, 4) is 0 Å². The van der Waals surface area contributed by atoms with Crippen LogP contribution in [0.5, 0.6) is 0 Å². The van der Waals surface area contributed by atoms with Crippen molar-refractivity contribution < 1.29 is 28.2 Å². The quantitative estimate of drug-likeness (QED) is 0.819. The van der Waals surface area contributed by atoms with Gasteiger partial charge in [-0.1, -0.05) is 6.07 Å². The molecule has 0 radical (unpaired) electrons. The minimum absolute atomic E-state index is 0.184. The number of oxazole rings is 1. The van der Waals surface area contributed by atoms with Gasteiger partial charge in [0.15, 0.2) is 5.69 Å². The summed E-state index contributed by atoms with van der Waals surface area (Å²) in [5.41, 5.74) is 3.04. The Labute approximate surface area is 167 Å². The molecule has 1 heterocycles. The normalized spacial score (nSPS) is 17.7. The summed E-state index contributed by atoms with van der Waals surface area (Å²) in [6.45, 7) is 5.20. The van der Waals surface area contributed by atoms with Gasteiger partial charge in [0, 0.05) is 12.8 Å². The van der Waals surface area contributed by atoms with Gasteiger partial charge in [-0.15, -0.1) is 0 Å². The maximum Gasteiger partial charge on any atom is 0.423 e. The number of carboxylic acid groups (broad SMARTS) is 1. The molecule has 4 rings (SSSR count). The van der Waals surface area contributed by atoms with E-state index < -0.39 is 23.8 Å². The molecule has 8 heteroatoms. The lowest BCUT2D eigenvalue weighted by atomic mass is 9.98. The molecule has 0 aliphatic heterocycles. The first-order valence-corrected chi connectivity index (χ1v) is 9.66. The number of benzene rings is 1. The first-order valence-electron chi connectivity index (χ1n) is 9.66. The van der Waals surface area contributed by atoms with Crippen LogP contribution in [-0.2, 0) is 30.4 Å². The zero-order chi connectivity index (χ0) is 20.9. The Kier molecular flexibility index (Phi) is 4.59. The van der Waals surface area contributed by atoms with Crippen molar-refractivity contribution in [2.45, 2.75) is 64.6 Å². The number of aromatic carboxylic acids is 1. The lowest BCUT2D eigenvalue weighted by Crippen LogP contribution is -2.35. The predicted octanol–water partition coefficient (Wildman–Crippen LogP) is 4.37. The van der Waals surface area contributed by atoms with Crippen molar-refractivity contribution in [3.63, 3.8) is 0 Å². The number of carbonyl (C=O) groups is 2. The average Bonchev–Trinajstić information content (AvgIpc) is 3.31. The summed E-state index contributed by atoms with van der Waals surface area (Å²) < 4.78 is 25.2. The number of hydrogen-bond acceptors (Lipinski definition) is 5. The third kappa shape index (κ3) is 3.59. The van der Waals surface area contributed by atoms with Crippen molar-refractivity contribution in [2.75, 3.05) is 4.90 Å². The van der Waals surface area contributed by atoms with Gasteiger partial charge in [-0.2, -0.15) is 9.88 Å². The number of carboxylic acids is 1. The van der Waals surface area contributed by atoms with Gasteiger partial charge in [0.05, 0.1) is 5.69 Å². The number of ether oxygens (including phenoxy) is 1. The third-order valence-electron chi connectivity index (χ3n) is 5.14. The second kappa shape index (κ2) is 6.86. The van der Waals surface area contributed by atoms with E-state index in [-0.39, 0.29) is 18.1 Å². The number of aromatic nitrogens is 1. The van der Waals surface area contributed by atoms with Crippen LogP contribution in [0.25, 0.3) is 0 Å². The van der Waals surface area contributed by atoms with Crippen LogP contribution in [0.4, 0.5) is 20.9 Å². The molecule has 0 saturated heterocycles. The van der Waals surface area contributed by atoms with Crippen LogP contribution in [0.15, 0.2) is 16.7 Å². The van der Waals surface area contributed by atoms with Crippen molar-refractivity contribution >= 4 is 23.8 Å². The fraction of sp³-hybridized carbons (Fsp3) is 0.476. The van der Waals surface area contributed by atoms with Crippen molar-refractivity contribution in [1.82, 2.24) is 4.98 Å². The van der Waals surface area contributed by atoms with E-state index in [0.29, 0.717) is 12.1 Å². The Morgan fingerprint density at radius 1 is 1.24 bits per heavy atom. The maximum absolute atomic E-state index is 14.3. The Morgan fingerprint density at radius 2 is 2.00 bits per heavy atom. The number of alkyl halides is 1. The molecule has 154 valence electrons. The zero-order valence-corrected chi connectivity index (χ0v) is 16.6. The van der Waals surface area contributed by atoms with Crippen LogP contribution < -0.4 is 4.90 Å². The van der Waals surface area contributed by atoms with Crippen molar-refractivity contribution in [1.29, 1.82) is 0 Å². The molecule has 2 aliphatic carbocycles. The maximum atomic E-state index is 14.3. The molecule has 2 aromatic rings. The van der Waals surface area contributed by atoms with E-state index in [9.17, 15) is 19.1 Å². The lowest BCUT2D eigenvalue weighted by molar-refractivity contribution is 0.0590. The smallest absolute Gasteiger partial charge is 0.423 e. The SMILES string of the molecule is CC(C)(C)OC(=O)N(c1nc(C(=O)O)co1)c1c2c(cc3c1CC(F)C3)CCC2. The van der Waals surface area contributed by atoms with E-state index in [0.717, 1.165) is 47.8 Å². The number of carbonyl (C=O) groups excluding carboxylic acids is 1. The molecule has 0 bridgehead atoms. The van der Waals surface area contributed by atoms with Gasteiger partial charge >= 0.3 is 18.1 Å². The monoisotopic (exact) mass is 402 g/mol. The Bertz CT molecular complexity index is 992. The van der Waals surface area contributed by atoms with Gasteiger partial charge in [0.25, 0.3) is 0 Å². The second-order valence-corrected chi connectivity index (χ2v) is 8.50. The van der Waals surface area contributed by atoms with Gasteiger partial charge in [-0.25, -0.2) is 14.0 Å². The van der Waals surface area contributed by atoms with E-state index in [1.54, 1.807) is 20.8 Å². The fourth-order valence-electron chi connectivity index (χ4n) is 4.08. The lowest BCUT2D eigenvalue weighted by Gasteiger charge is -2.28. The third-order valence-corrected chi connectivity index (χ3v) is 5.14. The molecule has 1 unspecified atom stereocenters. The van der Waals surface area contributed by atoms with E-state index >= 15 is 0 Å². The van der Waals surface area contributed by atoms with E-state index in [1.807, 2.05) is 6.07 Å². The summed E-state index contributed by atoms with van der Waals surface area (Å²) in [4.78, 5) is 29.6. The molecule has 1 atom stereocenters. The standard InChI is InChI=1S/C21H23FN2O5/c1-21(2,3)29-20(27)24(19-23-16(10-28-19)18(25)26)17-14-6-4-5-11(14)7-12-8-13(22)9-15(12)17/h7,10,13H,4-6,8-9H2,1-3H3,(H,25,26). The highest BCUT2D eigenvalue weighted by molar-refractivity contribution is 5.97. The first-order chi connectivity index (χ1) is 13.6. The minimum atomic E-state index is -1.27. The number of anilines is 2. The van der Waals surface area contributed by atoms with Gasteiger partial charge in [-0.05, 0) is 62.3 Å². The second-order valence-electron chi connectivity index (χ2n) is 8.50. The highest BCUT2D eigenvalue weighted by Gasteiger charge is 2.37. The Hall–Kier alpha value is -2.90. The molecule has 7 nitrogen and oxygen atoms in total. The molecule has 0 fully saturated rings. The summed E-state index contributed by atoms with van der Waals surface area (Å²) in [6, 6.07) is 1.84. The van der Waals surface area contributed by atoms with Crippen LogP contribution in [0.2, 0.25) is 0 Å². The summed E-state index contributed by atoms with van der Waals surface area (Å²) in [6.07, 6.45) is 2.22. The number of nitrogens with zero attached hydrogens (tertiary/aromatic N) is 2. The van der Waals surface area contributed by atoms with Crippen LogP contribution in [0, 0.1) is 0 Å². The number of hydrogen-bond donors (Lipinski definition) is 1. The van der Waals surface area contributed by atoms with Crippen molar-refractivity contribution in [2.24, 2.45) is 0 Å². The number of aryl methyl sites for hydroxylation is 1. The van der Waals surface area contributed by atoms with Gasteiger partial charge in [-0.3, -0.25) is 0 Å². The minimum Gasteiger partial charge on any atom is -0.476 e. The Morgan fingerprint density at radius 3 is 2.66 bits per heavy atom. The van der Waals surface area contributed by atoms with Crippen molar-refractivity contribution in [3.05, 3.63) is 40.3 Å². The van der Waals surface area contributed by atoms with Crippen LogP contribution in [-0.4, -0.2) is 33.9 Å². The van der Waals surface area contributed by atoms with E-state index in [1.165, 1.54) is 4.90 Å². The molecule has 0 saturated carbocycles. The predicted molar refractivity (Wildman–Crippen MR) is 103 cm³/mol. The highest BCUT2D eigenvalue weighted by Crippen LogP contribution is 2.44. The number of fused-ring (bicyclic) bond motifs is 2. The summed E-state index contributed by atoms with van der Waals surface area (Å²) in [5.74, 6) is -1.27. The summed E-state index contributed by atoms with van der Waals surface area (Å²) >= 11 is 0. The molecule has 2 aliphatic rings. The van der Waals surface area contributed by atoms with Gasteiger partial charge < -0.3 is 14.3 Å². The molecule has 29 heavy (non-hydrogen) atoms. The number of rotatable bonds is 3. The fourth-order valence-corrected chi connectivity index (χ4v) is 4.08. The molecule has 1 N–H and O–H groups in total. The van der Waals surface area contributed by atoms with Gasteiger partial charge in [0.2, 0.25) is 0 Å². The topological polar surface area (TPSA) is 92.9 Å². The molecule has 1 aromatic heterocycles. The Balaban J connectivity index is 1.90. The largest absolute Gasteiger partial charge is 0.476 e. The van der Waals surface area contributed by atoms with E-state index in [2.05, 4.69) is 4.98 Å². The summed E-state index contributed by atoms with van der Waals surface area (Å²) in [5, 5.41) is 9.21. The first kappa shape index (κ1) is 19.4. The molecule has 1 amide bonds. The highest BCUT2D eigenvalue weighted by atomic mass is 19.1. The molecular formula is C21H23FN2O5. The van der Waals surface area contributed by atoms with Crippen LogP contribution in [0.3, 0.4) is 0 Å². The average molecular weight is 402 g/mol.